The van der Waals surface area contributed by atoms with Gasteiger partial charge in [0.25, 0.3) is 0 Å². The summed E-state index contributed by atoms with van der Waals surface area (Å²) in [6, 6.07) is 2.51. The molecule has 114 valence electrons. The molecule has 2 unspecified atom stereocenters. The van der Waals surface area contributed by atoms with E-state index in [1.165, 1.54) is 25.7 Å². The molecule has 1 aromatic heterocycles. The smallest absolute Gasteiger partial charge is 0.0857 e. The Labute approximate surface area is 121 Å². The second-order valence-electron chi connectivity index (χ2n) is 6.06. The Morgan fingerprint density at radius 3 is 2.50 bits per heavy atom. The van der Waals surface area contributed by atoms with Crippen molar-refractivity contribution in [1.82, 2.24) is 9.78 Å². The average Bonchev–Trinajstić information content (AvgIpc) is 3.10. The highest BCUT2D eigenvalue weighted by molar-refractivity contribution is 5.02. The highest BCUT2D eigenvalue weighted by atomic mass is 16.3. The van der Waals surface area contributed by atoms with Gasteiger partial charge in [-0.25, -0.2) is 0 Å². The van der Waals surface area contributed by atoms with Crippen LogP contribution in [0.2, 0.25) is 0 Å². The van der Waals surface area contributed by atoms with Gasteiger partial charge in [-0.1, -0.05) is 39.5 Å². The van der Waals surface area contributed by atoms with Crippen LogP contribution >= 0.6 is 0 Å². The van der Waals surface area contributed by atoms with Gasteiger partial charge in [0.05, 0.1) is 23.9 Å². The van der Waals surface area contributed by atoms with E-state index in [-0.39, 0.29) is 5.92 Å². The number of hydrogen-bond donors (Lipinski definition) is 2. The lowest BCUT2D eigenvalue weighted by Gasteiger charge is -2.24. The lowest BCUT2D eigenvalue weighted by Crippen LogP contribution is -2.34. The Morgan fingerprint density at radius 2 is 1.90 bits per heavy atom. The third kappa shape index (κ3) is 3.61. The number of rotatable bonds is 7. The van der Waals surface area contributed by atoms with Crippen LogP contribution in [-0.4, -0.2) is 32.2 Å². The maximum Gasteiger partial charge on any atom is 0.0857 e. The second-order valence-corrected chi connectivity index (χ2v) is 6.06. The summed E-state index contributed by atoms with van der Waals surface area (Å²) in [5.74, 6) is 0.168. The quantitative estimate of drug-likeness (QED) is 0.807. The molecule has 20 heavy (non-hydrogen) atoms. The van der Waals surface area contributed by atoms with Crippen LogP contribution in [0.5, 0.6) is 0 Å². The molecule has 1 aliphatic carbocycles. The van der Waals surface area contributed by atoms with Crippen molar-refractivity contribution in [3.05, 3.63) is 18.0 Å². The van der Waals surface area contributed by atoms with E-state index in [0.29, 0.717) is 12.5 Å². The molecular weight excluding hydrogens is 252 g/mol. The lowest BCUT2D eigenvalue weighted by atomic mass is 9.91. The molecule has 2 rings (SSSR count). The van der Waals surface area contributed by atoms with Crippen LogP contribution in [0.3, 0.4) is 0 Å². The Hall–Kier alpha value is -0.870. The third-order valence-electron chi connectivity index (χ3n) is 4.71. The molecule has 1 fully saturated rings. The van der Waals surface area contributed by atoms with Gasteiger partial charge in [-0.15, -0.1) is 0 Å². The molecule has 1 heterocycles. The summed E-state index contributed by atoms with van der Waals surface area (Å²) in [5.41, 5.74) is 0.884. The second kappa shape index (κ2) is 7.23. The standard InChI is InChI=1S/C16H28N2O2/c1-3-12(4-2)16(20)15(19)11-13-9-10-18(17-13)14-7-5-6-8-14/h9-10,12,14-16,19-20H,3-8,11H2,1-2H3. The zero-order chi connectivity index (χ0) is 14.5. The molecular formula is C16H28N2O2. The zero-order valence-corrected chi connectivity index (χ0v) is 12.7. The summed E-state index contributed by atoms with van der Waals surface area (Å²) in [4.78, 5) is 0. The van der Waals surface area contributed by atoms with Crippen molar-refractivity contribution < 1.29 is 10.2 Å². The van der Waals surface area contributed by atoms with Crippen molar-refractivity contribution in [2.45, 2.75) is 77.0 Å². The van der Waals surface area contributed by atoms with E-state index < -0.39 is 12.2 Å². The summed E-state index contributed by atoms with van der Waals surface area (Å²) >= 11 is 0. The molecule has 0 bridgehead atoms. The van der Waals surface area contributed by atoms with Crippen LogP contribution in [-0.2, 0) is 6.42 Å². The highest BCUT2D eigenvalue weighted by Crippen LogP contribution is 2.29. The van der Waals surface area contributed by atoms with Crippen LogP contribution < -0.4 is 0 Å². The topological polar surface area (TPSA) is 58.3 Å². The first-order chi connectivity index (χ1) is 9.65. The summed E-state index contributed by atoms with van der Waals surface area (Å²) in [5, 5.41) is 24.9. The van der Waals surface area contributed by atoms with Crippen LogP contribution in [0.4, 0.5) is 0 Å². The maximum absolute atomic E-state index is 10.2. The molecule has 1 aliphatic rings. The van der Waals surface area contributed by atoms with Crippen LogP contribution in [0, 0.1) is 5.92 Å². The van der Waals surface area contributed by atoms with Crippen LogP contribution in [0.25, 0.3) is 0 Å². The molecule has 4 nitrogen and oxygen atoms in total. The van der Waals surface area contributed by atoms with Gasteiger partial charge in [0.2, 0.25) is 0 Å². The van der Waals surface area contributed by atoms with E-state index >= 15 is 0 Å². The normalized spacial score (nSPS) is 19.6. The first-order valence-electron chi connectivity index (χ1n) is 8.05. The van der Waals surface area contributed by atoms with Crippen LogP contribution in [0.15, 0.2) is 12.3 Å². The molecule has 0 aromatic carbocycles. The largest absolute Gasteiger partial charge is 0.390 e. The number of aliphatic hydroxyl groups is 2. The van der Waals surface area contributed by atoms with Crippen molar-refractivity contribution in [1.29, 1.82) is 0 Å². The Balaban J connectivity index is 1.92. The van der Waals surface area contributed by atoms with E-state index in [1.807, 2.05) is 16.9 Å². The molecule has 2 atom stereocenters. The molecule has 1 saturated carbocycles. The monoisotopic (exact) mass is 280 g/mol. The van der Waals surface area contributed by atoms with Gasteiger partial charge in [-0.05, 0) is 24.8 Å². The lowest BCUT2D eigenvalue weighted by molar-refractivity contribution is -0.0192. The highest BCUT2D eigenvalue weighted by Gasteiger charge is 2.25. The minimum Gasteiger partial charge on any atom is -0.390 e. The molecule has 0 spiro atoms. The first-order valence-corrected chi connectivity index (χ1v) is 8.05. The summed E-state index contributed by atoms with van der Waals surface area (Å²) in [6.45, 7) is 4.11. The van der Waals surface area contributed by atoms with Crippen molar-refractivity contribution in [3.8, 4) is 0 Å². The number of aliphatic hydroxyl groups excluding tert-OH is 2. The SMILES string of the molecule is CCC(CC)C(O)C(O)Cc1ccn(C2CCCC2)n1. The average molecular weight is 280 g/mol. The van der Waals surface area contributed by atoms with E-state index in [4.69, 9.17) is 0 Å². The fourth-order valence-electron chi connectivity index (χ4n) is 3.28. The Kier molecular flexibility index (Phi) is 5.61. The van der Waals surface area contributed by atoms with Crippen molar-refractivity contribution in [2.75, 3.05) is 0 Å². The first kappa shape index (κ1) is 15.5. The summed E-state index contributed by atoms with van der Waals surface area (Å²) < 4.78 is 2.04. The minimum atomic E-state index is -0.716. The molecule has 1 aromatic rings. The van der Waals surface area contributed by atoms with Crippen molar-refractivity contribution in [3.63, 3.8) is 0 Å². The fraction of sp³-hybridized carbons (Fsp3) is 0.812. The number of hydrogen-bond acceptors (Lipinski definition) is 3. The molecule has 0 aliphatic heterocycles. The minimum absolute atomic E-state index is 0.168. The third-order valence-corrected chi connectivity index (χ3v) is 4.71. The molecule has 2 N–H and O–H groups in total. The predicted octanol–water partition coefficient (Wildman–Crippen LogP) is 2.70. The number of aromatic nitrogens is 2. The Bertz CT molecular complexity index is 395. The van der Waals surface area contributed by atoms with Crippen molar-refractivity contribution in [2.24, 2.45) is 5.92 Å². The van der Waals surface area contributed by atoms with Gasteiger partial charge < -0.3 is 10.2 Å². The number of nitrogens with zero attached hydrogens (tertiary/aromatic N) is 2. The molecule has 4 heteroatoms. The van der Waals surface area contributed by atoms with Gasteiger partial charge in [0, 0.05) is 12.6 Å². The van der Waals surface area contributed by atoms with Gasteiger partial charge in [-0.2, -0.15) is 5.10 Å². The summed E-state index contributed by atoms with van der Waals surface area (Å²) in [6.07, 6.45) is 7.87. The zero-order valence-electron chi connectivity index (χ0n) is 12.7. The summed E-state index contributed by atoms with van der Waals surface area (Å²) in [7, 11) is 0. The molecule has 0 radical (unpaired) electrons. The van der Waals surface area contributed by atoms with Gasteiger partial charge in [-0.3, -0.25) is 4.68 Å². The van der Waals surface area contributed by atoms with E-state index in [2.05, 4.69) is 18.9 Å². The predicted molar refractivity (Wildman–Crippen MR) is 79.5 cm³/mol. The van der Waals surface area contributed by atoms with E-state index in [0.717, 1.165) is 18.5 Å². The molecule has 0 saturated heterocycles. The van der Waals surface area contributed by atoms with Crippen molar-refractivity contribution >= 4 is 0 Å². The fourth-order valence-corrected chi connectivity index (χ4v) is 3.28. The van der Waals surface area contributed by atoms with Crippen LogP contribution in [0.1, 0.15) is 64.1 Å². The van der Waals surface area contributed by atoms with E-state index in [1.54, 1.807) is 0 Å². The van der Waals surface area contributed by atoms with E-state index in [9.17, 15) is 10.2 Å². The van der Waals surface area contributed by atoms with Gasteiger partial charge in [0.1, 0.15) is 0 Å². The maximum atomic E-state index is 10.2. The Morgan fingerprint density at radius 1 is 1.25 bits per heavy atom. The molecule has 0 amide bonds. The van der Waals surface area contributed by atoms with Gasteiger partial charge >= 0.3 is 0 Å². The van der Waals surface area contributed by atoms with Gasteiger partial charge in [0.15, 0.2) is 0 Å².